The average molecular weight is 301 g/mol. The lowest BCUT2D eigenvalue weighted by Crippen LogP contribution is -2.53. The van der Waals surface area contributed by atoms with Crippen LogP contribution < -0.4 is 5.32 Å². The van der Waals surface area contributed by atoms with E-state index >= 15 is 0 Å². The van der Waals surface area contributed by atoms with Crippen molar-refractivity contribution < 1.29 is 9.53 Å². The van der Waals surface area contributed by atoms with Crippen molar-refractivity contribution in [1.82, 2.24) is 5.32 Å². The summed E-state index contributed by atoms with van der Waals surface area (Å²) in [6.45, 7) is 8.29. The van der Waals surface area contributed by atoms with E-state index < -0.39 is 5.54 Å². The Hall–Kier alpha value is -0.520. The van der Waals surface area contributed by atoms with Gasteiger partial charge in [0.2, 0.25) is 0 Å². The third kappa shape index (κ3) is 5.55. The summed E-state index contributed by atoms with van der Waals surface area (Å²) in [5, 5.41) is 5.41. The Morgan fingerprint density at radius 2 is 2.32 bits per heavy atom. The fraction of sp³-hybridized carbons (Fsp3) is 0.643. The molecule has 1 aromatic rings. The molecule has 0 spiro atoms. The summed E-state index contributed by atoms with van der Waals surface area (Å²) in [6, 6.07) is 4.40. The highest BCUT2D eigenvalue weighted by atomic mass is 32.2. The predicted octanol–water partition coefficient (Wildman–Crippen LogP) is 3.55. The molecule has 1 atom stereocenters. The Labute approximate surface area is 124 Å². The highest BCUT2D eigenvalue weighted by molar-refractivity contribution is 8.01. The average Bonchev–Trinajstić information content (AvgIpc) is 2.81. The maximum Gasteiger partial charge on any atom is 0.326 e. The van der Waals surface area contributed by atoms with Gasteiger partial charge in [-0.25, -0.2) is 0 Å². The van der Waals surface area contributed by atoms with E-state index in [1.807, 2.05) is 33.8 Å². The number of hydrogen-bond donors (Lipinski definition) is 1. The molecule has 1 heterocycles. The Balaban J connectivity index is 2.55. The number of nitrogens with one attached hydrogen (secondary N) is 1. The molecule has 0 fully saturated rings. The molecule has 19 heavy (non-hydrogen) atoms. The number of rotatable bonds is 8. The van der Waals surface area contributed by atoms with Gasteiger partial charge in [-0.1, -0.05) is 6.07 Å². The highest BCUT2D eigenvalue weighted by Crippen LogP contribution is 2.26. The van der Waals surface area contributed by atoms with E-state index in [1.54, 1.807) is 23.1 Å². The largest absolute Gasteiger partial charge is 0.465 e. The summed E-state index contributed by atoms with van der Waals surface area (Å²) in [7, 11) is 0. The van der Waals surface area contributed by atoms with E-state index in [9.17, 15) is 4.79 Å². The van der Waals surface area contributed by atoms with Gasteiger partial charge in [0.1, 0.15) is 5.54 Å². The highest BCUT2D eigenvalue weighted by Gasteiger charge is 2.34. The van der Waals surface area contributed by atoms with Gasteiger partial charge in [-0.2, -0.15) is 0 Å². The summed E-state index contributed by atoms with van der Waals surface area (Å²) in [5.41, 5.74) is -0.603. The minimum atomic E-state index is -0.603. The molecule has 0 bridgehead atoms. The first kappa shape index (κ1) is 16.5. The van der Waals surface area contributed by atoms with E-state index in [1.165, 1.54) is 4.21 Å². The molecule has 0 aliphatic heterocycles. The van der Waals surface area contributed by atoms with Gasteiger partial charge < -0.3 is 4.74 Å². The minimum Gasteiger partial charge on any atom is -0.465 e. The number of thiophene rings is 1. The van der Waals surface area contributed by atoms with Crippen LogP contribution in [0, 0.1) is 0 Å². The lowest BCUT2D eigenvalue weighted by atomic mass is 9.98. The quantitative estimate of drug-likeness (QED) is 0.588. The zero-order valence-corrected chi connectivity index (χ0v) is 13.7. The second-order valence-electron chi connectivity index (χ2n) is 4.88. The van der Waals surface area contributed by atoms with Crippen LogP contribution in [0.15, 0.2) is 21.7 Å². The molecule has 0 radical (unpaired) electrons. The molecule has 1 aromatic heterocycles. The predicted molar refractivity (Wildman–Crippen MR) is 83.0 cm³/mol. The summed E-state index contributed by atoms with van der Waals surface area (Å²) < 4.78 is 6.48. The number of carbonyl (C=O) groups excluding carboxylic acids is 1. The third-order valence-electron chi connectivity index (χ3n) is 2.67. The number of thioether (sulfide) groups is 1. The first-order valence-corrected chi connectivity index (χ1v) is 8.45. The Bertz CT molecular complexity index is 379. The second-order valence-corrected chi connectivity index (χ2v) is 7.23. The van der Waals surface area contributed by atoms with Crippen LogP contribution in [-0.2, 0) is 9.53 Å². The van der Waals surface area contributed by atoms with Crippen molar-refractivity contribution in [2.75, 3.05) is 12.4 Å². The third-order valence-corrected chi connectivity index (χ3v) is 4.81. The van der Waals surface area contributed by atoms with Crippen LogP contribution in [0.5, 0.6) is 0 Å². The minimum absolute atomic E-state index is 0.157. The summed E-state index contributed by atoms with van der Waals surface area (Å²) >= 11 is 3.52. The molecule has 0 aliphatic carbocycles. The van der Waals surface area contributed by atoms with Crippen LogP contribution in [0.4, 0.5) is 0 Å². The molecule has 0 amide bonds. The number of hydrogen-bond acceptors (Lipinski definition) is 5. The lowest BCUT2D eigenvalue weighted by molar-refractivity contribution is -0.150. The number of ether oxygens (including phenoxy) is 1. The van der Waals surface area contributed by atoms with Gasteiger partial charge in [-0.3, -0.25) is 10.1 Å². The number of esters is 1. The van der Waals surface area contributed by atoms with Gasteiger partial charge in [0.15, 0.2) is 0 Å². The van der Waals surface area contributed by atoms with Gasteiger partial charge in [0, 0.05) is 11.8 Å². The van der Waals surface area contributed by atoms with Crippen LogP contribution in [0.25, 0.3) is 0 Å². The molecule has 3 nitrogen and oxygen atoms in total. The SMILES string of the molecule is CCOC(=O)C(C)(CCSc1cccs1)NC(C)C. The van der Waals surface area contributed by atoms with Crippen molar-refractivity contribution in [1.29, 1.82) is 0 Å². The molecule has 1 unspecified atom stereocenters. The topological polar surface area (TPSA) is 38.3 Å². The number of carbonyl (C=O) groups is 1. The van der Waals surface area contributed by atoms with Gasteiger partial charge in [-0.15, -0.1) is 23.1 Å². The summed E-state index contributed by atoms with van der Waals surface area (Å²) in [4.78, 5) is 12.1. The van der Waals surface area contributed by atoms with Crippen molar-refractivity contribution in [3.8, 4) is 0 Å². The molecule has 5 heteroatoms. The van der Waals surface area contributed by atoms with Crippen LogP contribution in [0.3, 0.4) is 0 Å². The fourth-order valence-electron chi connectivity index (χ4n) is 1.86. The van der Waals surface area contributed by atoms with E-state index in [2.05, 4.69) is 16.8 Å². The smallest absolute Gasteiger partial charge is 0.326 e. The molecule has 1 rings (SSSR count). The molecular formula is C14H23NO2S2. The van der Waals surface area contributed by atoms with Crippen molar-refractivity contribution in [2.45, 2.75) is 49.9 Å². The zero-order valence-electron chi connectivity index (χ0n) is 12.1. The van der Waals surface area contributed by atoms with Gasteiger partial charge in [0.05, 0.1) is 10.8 Å². The van der Waals surface area contributed by atoms with E-state index in [4.69, 9.17) is 4.74 Å². The van der Waals surface area contributed by atoms with Crippen LogP contribution in [0.1, 0.15) is 34.1 Å². The van der Waals surface area contributed by atoms with Crippen molar-refractivity contribution in [3.05, 3.63) is 17.5 Å². The van der Waals surface area contributed by atoms with Crippen LogP contribution in [-0.4, -0.2) is 29.9 Å². The van der Waals surface area contributed by atoms with Gasteiger partial charge in [0.25, 0.3) is 0 Å². The van der Waals surface area contributed by atoms with Gasteiger partial charge in [-0.05, 0) is 45.6 Å². The zero-order chi connectivity index (χ0) is 14.3. The van der Waals surface area contributed by atoms with Crippen molar-refractivity contribution in [3.63, 3.8) is 0 Å². The first-order valence-electron chi connectivity index (χ1n) is 6.59. The Kier molecular flexibility index (Phi) is 6.89. The normalized spacial score (nSPS) is 14.4. The molecule has 0 saturated carbocycles. The van der Waals surface area contributed by atoms with E-state index in [-0.39, 0.29) is 12.0 Å². The van der Waals surface area contributed by atoms with E-state index in [0.29, 0.717) is 6.61 Å². The monoisotopic (exact) mass is 301 g/mol. The molecular weight excluding hydrogens is 278 g/mol. The molecule has 0 aliphatic rings. The Morgan fingerprint density at radius 3 is 2.84 bits per heavy atom. The fourth-order valence-corrected chi connectivity index (χ4v) is 3.89. The summed E-state index contributed by atoms with van der Waals surface area (Å²) in [5.74, 6) is 0.741. The van der Waals surface area contributed by atoms with E-state index in [0.717, 1.165) is 12.2 Å². The van der Waals surface area contributed by atoms with Crippen LogP contribution >= 0.6 is 23.1 Å². The summed E-state index contributed by atoms with van der Waals surface area (Å²) in [6.07, 6.45) is 0.757. The maximum absolute atomic E-state index is 12.1. The van der Waals surface area contributed by atoms with Crippen LogP contribution in [0.2, 0.25) is 0 Å². The standard InChI is InChI=1S/C14H23NO2S2/c1-5-17-13(16)14(4,15-11(2)3)8-10-19-12-7-6-9-18-12/h6-7,9,11,15H,5,8,10H2,1-4H3. The Morgan fingerprint density at radius 1 is 1.58 bits per heavy atom. The second kappa shape index (κ2) is 7.92. The van der Waals surface area contributed by atoms with Crippen molar-refractivity contribution >= 4 is 29.1 Å². The van der Waals surface area contributed by atoms with Crippen molar-refractivity contribution in [2.24, 2.45) is 0 Å². The molecule has 108 valence electrons. The molecule has 1 N–H and O–H groups in total. The molecule has 0 saturated heterocycles. The van der Waals surface area contributed by atoms with Gasteiger partial charge >= 0.3 is 5.97 Å². The maximum atomic E-state index is 12.1. The molecule has 0 aromatic carbocycles. The lowest BCUT2D eigenvalue weighted by Gasteiger charge is -2.30. The first-order chi connectivity index (χ1) is 8.98.